The third-order valence-corrected chi connectivity index (χ3v) is 0.331. The van der Waals surface area contributed by atoms with E-state index in [1.807, 2.05) is 0 Å². The van der Waals surface area contributed by atoms with Crippen molar-refractivity contribution in [3.63, 3.8) is 0 Å². The smallest absolute Gasteiger partial charge is 0.616 e. The van der Waals surface area contributed by atoms with E-state index in [2.05, 4.69) is 16.3 Å². The van der Waals surface area contributed by atoms with Crippen LogP contribution >= 0.6 is 0 Å². The van der Waals surface area contributed by atoms with Gasteiger partial charge in [-0.15, -0.1) is 0 Å². The first-order valence-electron chi connectivity index (χ1n) is 1.29. The zero-order valence-electron chi connectivity index (χ0n) is 4.55. The summed E-state index contributed by atoms with van der Waals surface area (Å²) in [6.45, 7) is 0. The van der Waals surface area contributed by atoms with Crippen LogP contribution < -0.4 is 42.8 Å². The van der Waals surface area contributed by atoms with Crippen LogP contribution in [0.3, 0.4) is 0 Å². The molecule has 0 saturated heterocycles. The van der Waals surface area contributed by atoms with Crippen LogP contribution in [0.25, 0.3) is 0 Å². The maximum atomic E-state index is 3.42. The summed E-state index contributed by atoms with van der Waals surface area (Å²) in [6.07, 6.45) is 3.03. The fraction of sp³-hybridized carbons (Fsp3) is 0. The Balaban J connectivity index is 0. The van der Waals surface area contributed by atoms with Crippen molar-refractivity contribution >= 4 is 0 Å². The van der Waals surface area contributed by atoms with E-state index in [1.165, 1.54) is 12.4 Å². The largest absolute Gasteiger partial charge is 1.00 e. The first-order chi connectivity index (χ1) is 2.50. The average Bonchev–Trinajstić information content (AvgIpc) is 1.76. The van der Waals surface area contributed by atoms with Crippen LogP contribution in [0, 0.1) is 6.07 Å². The van der Waals surface area contributed by atoms with E-state index in [0.29, 0.717) is 0 Å². The third kappa shape index (κ3) is 4.25. The topological polar surface area (TPSA) is 27.0 Å². The van der Waals surface area contributed by atoms with E-state index in [0.717, 1.165) is 0 Å². The predicted octanol–water partition coefficient (Wildman–Crippen LogP) is -6.15. The monoisotopic (exact) mass is 80.1 g/mol. The molecule has 0 radical (unpaired) electrons. The van der Waals surface area contributed by atoms with Crippen molar-refractivity contribution < 1.29 is 37.7 Å². The fourth-order valence-electron chi connectivity index (χ4n) is 0.167. The van der Waals surface area contributed by atoms with Gasteiger partial charge in [0.2, 0.25) is 0 Å². The van der Waals surface area contributed by atoms with Crippen molar-refractivity contribution in [2.45, 2.75) is 0 Å². The summed E-state index contributed by atoms with van der Waals surface area (Å²) in [7, 11) is 0. The molecule has 1 aromatic rings. The standard InChI is InChI=1S/C3H2N2.2Li/c1-2-4-5-3-1;;/h2-3H;;/q-2;2*+1. The third-order valence-electron chi connectivity index (χ3n) is 0.331. The van der Waals surface area contributed by atoms with Gasteiger partial charge in [0.25, 0.3) is 0 Å². The van der Waals surface area contributed by atoms with Crippen LogP contribution in [0.2, 0.25) is 0 Å². The first kappa shape index (κ1) is 10.4. The first-order valence-corrected chi connectivity index (χ1v) is 1.29. The summed E-state index contributed by atoms with van der Waals surface area (Å²) >= 11 is 0. The summed E-state index contributed by atoms with van der Waals surface area (Å²) in [4.78, 5) is 0. The molecular weight excluding hydrogens is 77.9 g/mol. The van der Waals surface area contributed by atoms with Crippen molar-refractivity contribution in [1.29, 1.82) is 0 Å². The maximum absolute atomic E-state index is 3.42. The molecule has 0 aliphatic heterocycles. The van der Waals surface area contributed by atoms with Crippen LogP contribution in [0.1, 0.15) is 0 Å². The molecular formula is C3H2Li2N2. The molecule has 26 valence electrons. The quantitative estimate of drug-likeness (QED) is 0.229. The van der Waals surface area contributed by atoms with Crippen LogP contribution in [-0.2, 0) is 0 Å². The molecule has 1 heterocycles. The SMILES string of the molecule is [Li+].[Li+].[c-]1cn[n-]c1. The normalized spacial score (nSPS) is 5.71. The molecule has 0 aliphatic rings. The van der Waals surface area contributed by atoms with E-state index in [9.17, 15) is 0 Å². The van der Waals surface area contributed by atoms with Gasteiger partial charge in [0.1, 0.15) is 0 Å². The van der Waals surface area contributed by atoms with Crippen LogP contribution in [0.4, 0.5) is 0 Å². The second-order valence-corrected chi connectivity index (χ2v) is 0.656. The Morgan fingerprint density at radius 2 is 2.14 bits per heavy atom. The number of hydrogen-bond donors (Lipinski definition) is 0. The van der Waals surface area contributed by atoms with Gasteiger partial charge in [-0.3, -0.25) is 0 Å². The Kier molecular flexibility index (Phi) is 9.51. The Morgan fingerprint density at radius 3 is 2.29 bits per heavy atom. The molecule has 0 N–H and O–H groups in total. The number of nitrogens with zero attached hydrogens (tertiary/aromatic N) is 2. The zero-order valence-corrected chi connectivity index (χ0v) is 4.55. The van der Waals surface area contributed by atoms with Crippen LogP contribution in [-0.4, -0.2) is 5.10 Å². The van der Waals surface area contributed by atoms with Gasteiger partial charge in [0, 0.05) is 0 Å². The van der Waals surface area contributed by atoms with Crippen LogP contribution in [0.5, 0.6) is 0 Å². The average molecular weight is 79.9 g/mol. The molecule has 0 bridgehead atoms. The van der Waals surface area contributed by atoms with E-state index in [1.54, 1.807) is 0 Å². The molecule has 4 heteroatoms. The van der Waals surface area contributed by atoms with Gasteiger partial charge in [0.05, 0.1) is 0 Å². The molecule has 0 saturated carbocycles. The van der Waals surface area contributed by atoms with Crippen molar-refractivity contribution in [1.82, 2.24) is 10.2 Å². The molecule has 0 amide bonds. The van der Waals surface area contributed by atoms with E-state index in [4.69, 9.17) is 0 Å². The summed E-state index contributed by atoms with van der Waals surface area (Å²) in [6, 6.07) is 2.64. The van der Waals surface area contributed by atoms with E-state index < -0.39 is 0 Å². The zero-order chi connectivity index (χ0) is 3.54. The van der Waals surface area contributed by atoms with Crippen molar-refractivity contribution in [3.8, 4) is 0 Å². The van der Waals surface area contributed by atoms with Gasteiger partial charge in [0.15, 0.2) is 0 Å². The van der Waals surface area contributed by atoms with Gasteiger partial charge < -0.3 is 22.5 Å². The fourth-order valence-corrected chi connectivity index (χ4v) is 0.167. The van der Waals surface area contributed by atoms with E-state index in [-0.39, 0.29) is 37.7 Å². The second kappa shape index (κ2) is 6.40. The maximum Gasteiger partial charge on any atom is 1.00 e. The minimum Gasteiger partial charge on any atom is -0.616 e. The Bertz CT molecular complexity index is 67.4. The van der Waals surface area contributed by atoms with E-state index >= 15 is 0 Å². The number of aromatic nitrogens is 2. The van der Waals surface area contributed by atoms with Crippen molar-refractivity contribution in [2.24, 2.45) is 0 Å². The second-order valence-electron chi connectivity index (χ2n) is 0.656. The predicted molar refractivity (Wildman–Crippen MR) is 16.4 cm³/mol. The van der Waals surface area contributed by atoms with Gasteiger partial charge in [-0.1, -0.05) is 0 Å². The Hall–Kier alpha value is 0.405. The molecule has 0 aliphatic carbocycles. The summed E-state index contributed by atoms with van der Waals surface area (Å²) in [5.41, 5.74) is 0. The molecule has 0 fully saturated rings. The summed E-state index contributed by atoms with van der Waals surface area (Å²) in [5.74, 6) is 0. The molecule has 2 nitrogen and oxygen atoms in total. The van der Waals surface area contributed by atoms with Crippen LogP contribution in [0.15, 0.2) is 12.4 Å². The van der Waals surface area contributed by atoms with Gasteiger partial charge in [-0.05, 0) is 0 Å². The van der Waals surface area contributed by atoms with Gasteiger partial charge >= 0.3 is 37.7 Å². The molecule has 1 aromatic heterocycles. The molecule has 7 heavy (non-hydrogen) atoms. The minimum atomic E-state index is 0. The molecule has 0 atom stereocenters. The van der Waals surface area contributed by atoms with Crippen molar-refractivity contribution in [3.05, 3.63) is 18.5 Å². The molecule has 0 unspecified atom stereocenters. The minimum absolute atomic E-state index is 0. The van der Waals surface area contributed by atoms with Gasteiger partial charge in [-0.25, -0.2) is 0 Å². The van der Waals surface area contributed by atoms with Crippen molar-refractivity contribution in [2.75, 3.05) is 0 Å². The molecule has 1 rings (SSSR count). The summed E-state index contributed by atoms with van der Waals surface area (Å²) < 4.78 is 0. The molecule has 0 aromatic carbocycles. The molecule has 0 spiro atoms. The summed E-state index contributed by atoms with van der Waals surface area (Å²) in [5, 5.41) is 6.83. The Morgan fingerprint density at radius 1 is 1.43 bits per heavy atom. The number of hydrogen-bond acceptors (Lipinski definition) is 1. The van der Waals surface area contributed by atoms with Gasteiger partial charge in [-0.2, -0.15) is 6.20 Å². The number of rotatable bonds is 0. The Labute approximate surface area is 66.4 Å².